The van der Waals surface area contributed by atoms with Gasteiger partial charge >= 0.3 is 0 Å². The van der Waals surface area contributed by atoms with E-state index in [-0.39, 0.29) is 5.56 Å². The third-order valence-electron chi connectivity index (χ3n) is 4.80. The molecule has 7 nitrogen and oxygen atoms in total. The molecule has 1 N–H and O–H groups in total. The van der Waals surface area contributed by atoms with Crippen LogP contribution in [0.15, 0.2) is 45.8 Å². The van der Waals surface area contributed by atoms with E-state index in [0.717, 1.165) is 34.9 Å². The molecule has 3 heterocycles. The van der Waals surface area contributed by atoms with Crippen LogP contribution in [0.4, 0.5) is 0 Å². The number of rotatable bonds is 5. The van der Waals surface area contributed by atoms with Crippen molar-refractivity contribution in [3.05, 3.63) is 63.8 Å². The average Bonchev–Trinajstić information content (AvgIpc) is 3.23. The molecule has 1 aliphatic heterocycles. The fourth-order valence-electron chi connectivity index (χ4n) is 3.38. The minimum absolute atomic E-state index is 0.0897. The van der Waals surface area contributed by atoms with Crippen molar-refractivity contribution in [2.45, 2.75) is 19.5 Å². The van der Waals surface area contributed by atoms with E-state index in [1.165, 1.54) is 0 Å². The molecule has 140 valence electrons. The summed E-state index contributed by atoms with van der Waals surface area (Å²) in [6.07, 6.45) is 2.23. The molecule has 0 atom stereocenters. The summed E-state index contributed by atoms with van der Waals surface area (Å²) >= 11 is 0. The summed E-state index contributed by atoms with van der Waals surface area (Å²) in [6.45, 7) is 2.09. The molecule has 0 unspecified atom stereocenters. The third-order valence-corrected chi connectivity index (χ3v) is 4.80. The number of nitrogens with one attached hydrogen (secondary N) is 1. The van der Waals surface area contributed by atoms with E-state index in [0.29, 0.717) is 31.1 Å². The maximum Gasteiger partial charge on any atom is 0.254 e. The lowest BCUT2D eigenvalue weighted by molar-refractivity contribution is 0.236. The first-order valence-electron chi connectivity index (χ1n) is 8.77. The number of aromatic nitrogens is 2. The second-order valence-electron chi connectivity index (χ2n) is 6.46. The Labute approximate surface area is 156 Å². The van der Waals surface area contributed by atoms with Gasteiger partial charge in [-0.15, -0.1) is 0 Å². The van der Waals surface area contributed by atoms with Gasteiger partial charge in [0, 0.05) is 36.8 Å². The van der Waals surface area contributed by atoms with Crippen LogP contribution < -0.4 is 15.0 Å². The molecule has 0 spiro atoms. The maximum absolute atomic E-state index is 12.4. The Morgan fingerprint density at radius 2 is 2.15 bits per heavy atom. The number of fused-ring (bicyclic) bond motifs is 1. The van der Waals surface area contributed by atoms with E-state index in [1.54, 1.807) is 32.6 Å². The van der Waals surface area contributed by atoms with Crippen LogP contribution in [0.2, 0.25) is 0 Å². The Hall–Kier alpha value is -3.06. The highest BCUT2D eigenvalue weighted by Crippen LogP contribution is 2.27. The molecule has 3 aromatic rings. The molecule has 0 radical (unpaired) electrons. The summed E-state index contributed by atoms with van der Waals surface area (Å²) in [4.78, 5) is 22.1. The number of hydrogen-bond acceptors (Lipinski definition) is 6. The zero-order chi connectivity index (χ0) is 18.8. The Morgan fingerprint density at radius 3 is 2.89 bits per heavy atom. The number of methoxy groups -OCH3 is 2. The fourth-order valence-corrected chi connectivity index (χ4v) is 3.38. The van der Waals surface area contributed by atoms with Crippen LogP contribution in [0.5, 0.6) is 11.5 Å². The average molecular weight is 367 g/mol. The summed E-state index contributed by atoms with van der Waals surface area (Å²) in [5.41, 5.74) is 2.53. The monoisotopic (exact) mass is 367 g/mol. The quantitative estimate of drug-likeness (QED) is 0.747. The van der Waals surface area contributed by atoms with E-state index in [2.05, 4.69) is 14.9 Å². The van der Waals surface area contributed by atoms with Gasteiger partial charge in [-0.25, -0.2) is 4.98 Å². The van der Waals surface area contributed by atoms with Crippen molar-refractivity contribution in [3.8, 4) is 23.1 Å². The molecule has 0 bridgehead atoms. The first kappa shape index (κ1) is 17.4. The topological polar surface area (TPSA) is 80.6 Å². The molecule has 7 heteroatoms. The smallest absolute Gasteiger partial charge is 0.254 e. The number of furan rings is 1. The second-order valence-corrected chi connectivity index (χ2v) is 6.46. The summed E-state index contributed by atoms with van der Waals surface area (Å²) in [7, 11) is 3.29. The Bertz CT molecular complexity index is 995. The van der Waals surface area contributed by atoms with Gasteiger partial charge in [0.15, 0.2) is 11.6 Å². The largest absolute Gasteiger partial charge is 0.497 e. The van der Waals surface area contributed by atoms with E-state index in [1.807, 2.05) is 18.2 Å². The van der Waals surface area contributed by atoms with Crippen molar-refractivity contribution in [1.29, 1.82) is 0 Å². The number of hydrogen-bond donors (Lipinski definition) is 1. The molecule has 0 saturated heterocycles. The number of benzene rings is 1. The van der Waals surface area contributed by atoms with Gasteiger partial charge in [0.05, 0.1) is 26.2 Å². The number of ether oxygens (including phenoxy) is 2. The molecule has 27 heavy (non-hydrogen) atoms. The molecule has 1 aromatic carbocycles. The lowest BCUT2D eigenvalue weighted by Crippen LogP contribution is -2.35. The predicted octanol–water partition coefficient (Wildman–Crippen LogP) is 2.61. The molecule has 1 aliphatic rings. The standard InChI is InChI=1S/C20H21N3O4/c1-25-14-6-5-13(18(10-14)26-2)11-23-8-7-15-16(12-23)21-19(22-20(15)24)17-4-3-9-27-17/h3-6,9-10H,7-8,11-12H2,1-2H3,(H,21,22,24). The maximum atomic E-state index is 12.4. The zero-order valence-electron chi connectivity index (χ0n) is 15.3. The SMILES string of the molecule is COc1ccc(CN2CCc3c(nc(-c4ccco4)[nH]c3=O)C2)c(OC)c1. The normalized spacial score (nSPS) is 14.0. The van der Waals surface area contributed by atoms with Crippen molar-refractivity contribution >= 4 is 0 Å². The van der Waals surface area contributed by atoms with Crippen molar-refractivity contribution < 1.29 is 13.9 Å². The highest BCUT2D eigenvalue weighted by atomic mass is 16.5. The van der Waals surface area contributed by atoms with Crippen molar-refractivity contribution in [2.75, 3.05) is 20.8 Å². The summed E-state index contributed by atoms with van der Waals surface area (Å²) in [5, 5.41) is 0. The zero-order valence-corrected chi connectivity index (χ0v) is 15.3. The summed E-state index contributed by atoms with van der Waals surface area (Å²) in [6, 6.07) is 9.37. The third kappa shape index (κ3) is 3.46. The van der Waals surface area contributed by atoms with Gasteiger partial charge in [-0.1, -0.05) is 6.07 Å². The fraction of sp³-hybridized carbons (Fsp3) is 0.300. The molecule has 0 amide bonds. The molecule has 0 saturated carbocycles. The minimum atomic E-state index is -0.0897. The Balaban J connectivity index is 1.59. The van der Waals surface area contributed by atoms with Gasteiger partial charge in [-0.3, -0.25) is 9.69 Å². The van der Waals surface area contributed by atoms with Gasteiger partial charge in [-0.2, -0.15) is 0 Å². The molecule has 0 aliphatic carbocycles. The molecular weight excluding hydrogens is 346 g/mol. The van der Waals surface area contributed by atoms with Crippen LogP contribution in [-0.4, -0.2) is 35.6 Å². The number of nitrogens with zero attached hydrogens (tertiary/aromatic N) is 2. The van der Waals surface area contributed by atoms with Gasteiger partial charge in [0.2, 0.25) is 0 Å². The number of H-pyrrole nitrogens is 1. The lowest BCUT2D eigenvalue weighted by atomic mass is 10.0. The van der Waals surface area contributed by atoms with Crippen LogP contribution in [0.1, 0.15) is 16.8 Å². The first-order valence-corrected chi connectivity index (χ1v) is 8.77. The highest BCUT2D eigenvalue weighted by Gasteiger charge is 2.23. The summed E-state index contributed by atoms with van der Waals surface area (Å²) < 4.78 is 16.1. The Kier molecular flexibility index (Phi) is 4.68. The molecule has 2 aromatic heterocycles. The van der Waals surface area contributed by atoms with E-state index >= 15 is 0 Å². The minimum Gasteiger partial charge on any atom is -0.497 e. The Morgan fingerprint density at radius 1 is 1.26 bits per heavy atom. The van der Waals surface area contributed by atoms with Crippen LogP contribution in [-0.2, 0) is 19.5 Å². The van der Waals surface area contributed by atoms with E-state index < -0.39 is 0 Å². The highest BCUT2D eigenvalue weighted by molar-refractivity contribution is 5.47. The van der Waals surface area contributed by atoms with Crippen molar-refractivity contribution in [2.24, 2.45) is 0 Å². The van der Waals surface area contributed by atoms with Gasteiger partial charge in [0.25, 0.3) is 5.56 Å². The summed E-state index contributed by atoms with van der Waals surface area (Å²) in [5.74, 6) is 2.57. The van der Waals surface area contributed by atoms with Crippen LogP contribution >= 0.6 is 0 Å². The predicted molar refractivity (Wildman–Crippen MR) is 99.9 cm³/mol. The molecular formula is C20H21N3O4. The second kappa shape index (κ2) is 7.28. The van der Waals surface area contributed by atoms with E-state index in [9.17, 15) is 4.79 Å². The van der Waals surface area contributed by atoms with Gasteiger partial charge < -0.3 is 18.9 Å². The van der Waals surface area contributed by atoms with Crippen LogP contribution in [0, 0.1) is 0 Å². The van der Waals surface area contributed by atoms with Crippen LogP contribution in [0.25, 0.3) is 11.6 Å². The molecule has 4 rings (SSSR count). The number of aromatic amines is 1. The van der Waals surface area contributed by atoms with Gasteiger partial charge in [-0.05, 0) is 24.6 Å². The van der Waals surface area contributed by atoms with Gasteiger partial charge in [0.1, 0.15) is 11.5 Å². The van der Waals surface area contributed by atoms with Crippen LogP contribution in [0.3, 0.4) is 0 Å². The van der Waals surface area contributed by atoms with Crippen molar-refractivity contribution in [1.82, 2.24) is 14.9 Å². The molecule has 0 fully saturated rings. The lowest BCUT2D eigenvalue weighted by Gasteiger charge is -2.28. The van der Waals surface area contributed by atoms with E-state index in [4.69, 9.17) is 13.9 Å². The first-order chi connectivity index (χ1) is 13.2. The van der Waals surface area contributed by atoms with Crippen molar-refractivity contribution in [3.63, 3.8) is 0 Å².